The lowest BCUT2D eigenvalue weighted by atomic mass is 9.67. The van der Waals surface area contributed by atoms with Crippen molar-refractivity contribution in [3.8, 4) is 22.3 Å². The van der Waals surface area contributed by atoms with Crippen LogP contribution in [0.5, 0.6) is 0 Å². The monoisotopic (exact) mass is 524 g/mol. The SMILES string of the molecule is C=Cc1c(-c2ccc3cc(C)ccc3c2)cc2c(c1C=C)-c1ccc(C)cc1C2(c1ccccc1)c1ccccc1. The molecule has 0 aliphatic heterocycles. The molecule has 1 aliphatic carbocycles. The van der Waals surface area contributed by atoms with Gasteiger partial charge in [0.15, 0.2) is 0 Å². The van der Waals surface area contributed by atoms with Crippen LogP contribution in [0.2, 0.25) is 0 Å². The molecule has 0 heterocycles. The Kier molecular flexibility index (Phi) is 5.87. The molecule has 0 amide bonds. The highest BCUT2D eigenvalue weighted by molar-refractivity contribution is 5.98. The molecule has 7 rings (SSSR count). The minimum absolute atomic E-state index is 0.473. The molecule has 0 aromatic heterocycles. The molecule has 0 atom stereocenters. The molecule has 0 saturated carbocycles. The molecule has 6 aromatic rings. The van der Waals surface area contributed by atoms with Crippen LogP contribution in [0.4, 0.5) is 0 Å². The van der Waals surface area contributed by atoms with Crippen molar-refractivity contribution in [2.75, 3.05) is 0 Å². The highest BCUT2D eigenvalue weighted by Gasteiger charge is 2.47. The first-order chi connectivity index (χ1) is 20.1. The Morgan fingerprint density at radius 1 is 0.512 bits per heavy atom. The fraction of sp³-hybridized carbons (Fsp3) is 0.0732. The third-order valence-corrected chi connectivity index (χ3v) is 8.79. The molecule has 1 aliphatic rings. The highest BCUT2D eigenvalue weighted by atomic mass is 14.5. The molecular weight excluding hydrogens is 492 g/mol. The van der Waals surface area contributed by atoms with E-state index in [2.05, 4.69) is 148 Å². The molecule has 0 fully saturated rings. The van der Waals surface area contributed by atoms with E-state index in [-0.39, 0.29) is 0 Å². The number of aryl methyl sites for hydroxylation is 2. The van der Waals surface area contributed by atoms with Gasteiger partial charge in [-0.1, -0.05) is 146 Å². The maximum absolute atomic E-state index is 4.35. The van der Waals surface area contributed by atoms with Crippen LogP contribution >= 0.6 is 0 Å². The van der Waals surface area contributed by atoms with Crippen LogP contribution in [-0.4, -0.2) is 0 Å². The number of benzene rings is 6. The molecule has 0 spiro atoms. The van der Waals surface area contributed by atoms with E-state index in [1.807, 2.05) is 12.2 Å². The van der Waals surface area contributed by atoms with E-state index in [0.717, 1.165) is 11.1 Å². The van der Waals surface area contributed by atoms with Crippen LogP contribution in [0, 0.1) is 13.8 Å². The standard InChI is InChI=1S/C41H32/c1-5-34-35(6-2)40-36-22-18-28(4)24-38(36)41(32-13-9-7-10-14-32,33-15-11-8-12-16-33)39(40)26-37(34)31-21-20-29-23-27(3)17-19-30(29)25-31/h5-26H,1-2H2,3-4H3. The third-order valence-electron chi connectivity index (χ3n) is 8.79. The summed E-state index contributed by atoms with van der Waals surface area (Å²) >= 11 is 0. The van der Waals surface area contributed by atoms with E-state index in [1.165, 1.54) is 66.4 Å². The predicted molar refractivity (Wildman–Crippen MR) is 176 cm³/mol. The average molecular weight is 525 g/mol. The highest BCUT2D eigenvalue weighted by Crippen LogP contribution is 2.59. The fourth-order valence-corrected chi connectivity index (χ4v) is 7.00. The Labute approximate surface area is 243 Å². The van der Waals surface area contributed by atoms with Crippen molar-refractivity contribution >= 4 is 22.9 Å². The van der Waals surface area contributed by atoms with Gasteiger partial charge in [0.1, 0.15) is 0 Å². The van der Waals surface area contributed by atoms with Gasteiger partial charge in [0.05, 0.1) is 5.41 Å². The zero-order chi connectivity index (χ0) is 28.1. The van der Waals surface area contributed by atoms with Crippen LogP contribution in [0.1, 0.15) is 44.5 Å². The predicted octanol–water partition coefficient (Wildman–Crippen LogP) is 10.8. The Morgan fingerprint density at radius 3 is 1.76 bits per heavy atom. The van der Waals surface area contributed by atoms with Gasteiger partial charge >= 0.3 is 0 Å². The Bertz CT molecular complexity index is 1930. The topological polar surface area (TPSA) is 0 Å². The minimum Gasteiger partial charge on any atom is -0.0984 e. The van der Waals surface area contributed by atoms with Gasteiger partial charge in [-0.25, -0.2) is 0 Å². The van der Waals surface area contributed by atoms with Gasteiger partial charge in [0.2, 0.25) is 0 Å². The second-order valence-corrected chi connectivity index (χ2v) is 11.2. The molecule has 0 heteroatoms. The van der Waals surface area contributed by atoms with Crippen LogP contribution in [-0.2, 0) is 5.41 Å². The summed E-state index contributed by atoms with van der Waals surface area (Å²) in [7, 11) is 0. The second-order valence-electron chi connectivity index (χ2n) is 11.2. The summed E-state index contributed by atoms with van der Waals surface area (Å²) in [5.41, 5.74) is 14.3. The van der Waals surface area contributed by atoms with Gasteiger partial charge in [0.25, 0.3) is 0 Å². The summed E-state index contributed by atoms with van der Waals surface area (Å²) < 4.78 is 0. The second kappa shape index (κ2) is 9.61. The van der Waals surface area contributed by atoms with Crippen LogP contribution in [0.15, 0.2) is 134 Å². The summed E-state index contributed by atoms with van der Waals surface area (Å²) in [5.74, 6) is 0. The molecule has 0 unspecified atom stereocenters. The van der Waals surface area contributed by atoms with Gasteiger partial charge < -0.3 is 0 Å². The molecular formula is C41H32. The fourth-order valence-electron chi connectivity index (χ4n) is 7.00. The Morgan fingerprint density at radius 2 is 1.10 bits per heavy atom. The van der Waals surface area contributed by atoms with Crippen molar-refractivity contribution in [1.82, 2.24) is 0 Å². The number of hydrogen-bond donors (Lipinski definition) is 0. The number of fused-ring (bicyclic) bond motifs is 4. The van der Waals surface area contributed by atoms with Gasteiger partial charge in [-0.3, -0.25) is 0 Å². The number of hydrogen-bond acceptors (Lipinski definition) is 0. The zero-order valence-corrected chi connectivity index (χ0v) is 23.6. The normalized spacial score (nSPS) is 13.0. The van der Waals surface area contributed by atoms with Crippen molar-refractivity contribution in [3.63, 3.8) is 0 Å². The molecule has 196 valence electrons. The maximum atomic E-state index is 4.35. The molecule has 0 saturated heterocycles. The lowest BCUT2D eigenvalue weighted by Gasteiger charge is -2.34. The first-order valence-corrected chi connectivity index (χ1v) is 14.3. The van der Waals surface area contributed by atoms with Crippen LogP contribution in [0.25, 0.3) is 45.2 Å². The van der Waals surface area contributed by atoms with E-state index in [9.17, 15) is 0 Å². The lowest BCUT2D eigenvalue weighted by molar-refractivity contribution is 0.767. The quantitative estimate of drug-likeness (QED) is 0.210. The largest absolute Gasteiger partial charge is 0.0984 e. The van der Waals surface area contributed by atoms with Crippen molar-refractivity contribution in [3.05, 3.63) is 179 Å². The summed E-state index contributed by atoms with van der Waals surface area (Å²) in [4.78, 5) is 0. The van der Waals surface area contributed by atoms with Gasteiger partial charge in [-0.05, 0) is 92.4 Å². The summed E-state index contributed by atoms with van der Waals surface area (Å²) in [5, 5.41) is 2.49. The average Bonchev–Trinajstić information content (AvgIpc) is 3.30. The Balaban J connectivity index is 1.65. The lowest BCUT2D eigenvalue weighted by Crippen LogP contribution is -2.28. The van der Waals surface area contributed by atoms with Crippen molar-refractivity contribution in [2.45, 2.75) is 19.3 Å². The summed E-state index contributed by atoms with van der Waals surface area (Å²) in [6.07, 6.45) is 4.03. The first-order valence-electron chi connectivity index (χ1n) is 14.3. The van der Waals surface area contributed by atoms with Crippen LogP contribution < -0.4 is 0 Å². The smallest absolute Gasteiger partial charge is 0.0714 e. The summed E-state index contributed by atoms with van der Waals surface area (Å²) in [6, 6.07) is 44.8. The van der Waals surface area contributed by atoms with E-state index in [0.29, 0.717) is 0 Å². The number of rotatable bonds is 5. The molecule has 0 N–H and O–H groups in total. The van der Waals surface area contributed by atoms with Gasteiger partial charge in [0, 0.05) is 0 Å². The summed E-state index contributed by atoms with van der Waals surface area (Å²) in [6.45, 7) is 13.0. The van der Waals surface area contributed by atoms with E-state index >= 15 is 0 Å². The zero-order valence-electron chi connectivity index (χ0n) is 23.6. The first kappa shape index (κ1) is 25.1. The van der Waals surface area contributed by atoms with E-state index in [1.54, 1.807) is 0 Å². The molecule has 0 radical (unpaired) electrons. The Hall–Kier alpha value is -4.94. The molecule has 6 aromatic carbocycles. The van der Waals surface area contributed by atoms with Gasteiger partial charge in [-0.15, -0.1) is 0 Å². The van der Waals surface area contributed by atoms with Crippen molar-refractivity contribution in [2.24, 2.45) is 0 Å². The van der Waals surface area contributed by atoms with E-state index < -0.39 is 5.41 Å². The molecule has 41 heavy (non-hydrogen) atoms. The minimum atomic E-state index is -0.473. The third kappa shape index (κ3) is 3.68. The molecule has 0 bridgehead atoms. The van der Waals surface area contributed by atoms with Crippen LogP contribution in [0.3, 0.4) is 0 Å². The van der Waals surface area contributed by atoms with Crippen molar-refractivity contribution in [1.29, 1.82) is 0 Å². The maximum Gasteiger partial charge on any atom is 0.0714 e. The van der Waals surface area contributed by atoms with Gasteiger partial charge in [-0.2, -0.15) is 0 Å². The van der Waals surface area contributed by atoms with E-state index in [4.69, 9.17) is 0 Å². The molecule has 0 nitrogen and oxygen atoms in total. The van der Waals surface area contributed by atoms with Crippen molar-refractivity contribution < 1.29 is 0 Å².